The summed E-state index contributed by atoms with van der Waals surface area (Å²) in [7, 11) is 0. The standard InChI is InChI=1S/C14H28N2O5/c1-2-3-4-14(18)16-6-8-20-10-12-21-11-9-19-7-5-15-13-17/h13H,2-12H2,1H3,(H,15,17)(H,16,18). The van der Waals surface area contributed by atoms with Crippen molar-refractivity contribution in [2.24, 2.45) is 0 Å². The molecule has 0 saturated carbocycles. The highest BCUT2D eigenvalue weighted by Gasteiger charge is 1.98. The second-order valence-corrected chi connectivity index (χ2v) is 4.36. The third kappa shape index (κ3) is 16.8. The second-order valence-electron chi connectivity index (χ2n) is 4.36. The number of ether oxygens (including phenoxy) is 3. The van der Waals surface area contributed by atoms with Crippen molar-refractivity contribution in [1.82, 2.24) is 10.6 Å². The number of rotatable bonds is 16. The van der Waals surface area contributed by atoms with Gasteiger partial charge in [-0.15, -0.1) is 0 Å². The van der Waals surface area contributed by atoms with Crippen molar-refractivity contribution in [3.63, 3.8) is 0 Å². The van der Waals surface area contributed by atoms with Crippen LogP contribution in [-0.2, 0) is 23.8 Å². The maximum absolute atomic E-state index is 11.3. The van der Waals surface area contributed by atoms with E-state index in [0.717, 1.165) is 12.8 Å². The maximum Gasteiger partial charge on any atom is 0.220 e. The molecule has 124 valence electrons. The number of amides is 2. The molecule has 7 nitrogen and oxygen atoms in total. The Balaban J connectivity index is 3.05. The first kappa shape index (κ1) is 19.8. The average molecular weight is 304 g/mol. The number of carbonyl (C=O) groups excluding carboxylic acids is 2. The zero-order valence-electron chi connectivity index (χ0n) is 12.9. The summed E-state index contributed by atoms with van der Waals surface area (Å²) in [5.74, 6) is 0.0814. The van der Waals surface area contributed by atoms with Crippen molar-refractivity contribution in [2.45, 2.75) is 26.2 Å². The van der Waals surface area contributed by atoms with Gasteiger partial charge in [-0.2, -0.15) is 0 Å². The van der Waals surface area contributed by atoms with E-state index < -0.39 is 0 Å². The first-order valence-corrected chi connectivity index (χ1v) is 7.48. The molecule has 0 fully saturated rings. The van der Waals surface area contributed by atoms with Gasteiger partial charge in [0.1, 0.15) is 0 Å². The highest BCUT2D eigenvalue weighted by molar-refractivity contribution is 5.75. The number of hydrogen-bond acceptors (Lipinski definition) is 5. The Labute approximate surface area is 126 Å². The van der Waals surface area contributed by atoms with E-state index in [0.29, 0.717) is 65.6 Å². The molecule has 0 radical (unpaired) electrons. The monoisotopic (exact) mass is 304 g/mol. The molecular formula is C14H28N2O5. The van der Waals surface area contributed by atoms with Crippen molar-refractivity contribution in [1.29, 1.82) is 0 Å². The maximum atomic E-state index is 11.3. The Bertz CT molecular complexity index is 252. The molecule has 0 spiro atoms. The minimum absolute atomic E-state index is 0.0814. The molecule has 21 heavy (non-hydrogen) atoms. The van der Waals surface area contributed by atoms with Gasteiger partial charge >= 0.3 is 0 Å². The van der Waals surface area contributed by atoms with Crippen molar-refractivity contribution in [2.75, 3.05) is 52.7 Å². The molecule has 7 heteroatoms. The lowest BCUT2D eigenvalue weighted by molar-refractivity contribution is -0.121. The van der Waals surface area contributed by atoms with Gasteiger partial charge in [-0.25, -0.2) is 0 Å². The van der Waals surface area contributed by atoms with Crippen molar-refractivity contribution in [3.05, 3.63) is 0 Å². The fourth-order valence-corrected chi connectivity index (χ4v) is 1.42. The minimum Gasteiger partial charge on any atom is -0.377 e. The highest BCUT2D eigenvalue weighted by atomic mass is 16.5. The molecule has 0 unspecified atom stereocenters. The molecule has 0 saturated heterocycles. The fourth-order valence-electron chi connectivity index (χ4n) is 1.42. The molecule has 0 aromatic rings. The van der Waals surface area contributed by atoms with E-state index in [9.17, 15) is 9.59 Å². The van der Waals surface area contributed by atoms with Gasteiger partial charge in [0, 0.05) is 19.5 Å². The lowest BCUT2D eigenvalue weighted by atomic mass is 10.2. The van der Waals surface area contributed by atoms with E-state index in [4.69, 9.17) is 14.2 Å². The normalized spacial score (nSPS) is 10.3. The van der Waals surface area contributed by atoms with Crippen molar-refractivity contribution < 1.29 is 23.8 Å². The van der Waals surface area contributed by atoms with Crippen LogP contribution in [0.2, 0.25) is 0 Å². The van der Waals surface area contributed by atoms with E-state index >= 15 is 0 Å². The van der Waals surface area contributed by atoms with Crippen molar-refractivity contribution in [3.8, 4) is 0 Å². The lowest BCUT2D eigenvalue weighted by Crippen LogP contribution is -2.27. The number of carbonyl (C=O) groups is 2. The van der Waals surface area contributed by atoms with Gasteiger partial charge in [-0.3, -0.25) is 9.59 Å². The number of hydrogen-bond donors (Lipinski definition) is 2. The van der Waals surface area contributed by atoms with Gasteiger partial charge < -0.3 is 24.8 Å². The molecule has 0 aromatic carbocycles. The van der Waals surface area contributed by atoms with E-state index in [1.807, 2.05) is 0 Å². The van der Waals surface area contributed by atoms with Crippen LogP contribution in [0.4, 0.5) is 0 Å². The van der Waals surface area contributed by atoms with Gasteiger partial charge in [-0.1, -0.05) is 13.3 Å². The summed E-state index contributed by atoms with van der Waals surface area (Å²) >= 11 is 0. The molecule has 0 aliphatic rings. The summed E-state index contributed by atoms with van der Waals surface area (Å²) in [6, 6.07) is 0. The Kier molecular flexibility index (Phi) is 15.9. The first-order valence-electron chi connectivity index (χ1n) is 7.48. The number of nitrogens with one attached hydrogen (secondary N) is 2. The van der Waals surface area contributed by atoms with Crippen LogP contribution in [0.25, 0.3) is 0 Å². The topological polar surface area (TPSA) is 85.9 Å². The minimum atomic E-state index is 0.0814. The fraction of sp³-hybridized carbons (Fsp3) is 0.857. The van der Waals surface area contributed by atoms with Gasteiger partial charge in [0.05, 0.1) is 39.6 Å². The number of unbranched alkanes of at least 4 members (excludes halogenated alkanes) is 1. The van der Waals surface area contributed by atoms with Gasteiger partial charge in [0.2, 0.25) is 12.3 Å². The first-order chi connectivity index (χ1) is 10.3. The predicted octanol–water partition coefficient (Wildman–Crippen LogP) is 0.0886. The van der Waals surface area contributed by atoms with Gasteiger partial charge in [0.15, 0.2) is 0 Å². The molecule has 2 amide bonds. The quantitative estimate of drug-likeness (QED) is 0.312. The molecule has 0 bridgehead atoms. The highest BCUT2D eigenvalue weighted by Crippen LogP contribution is 1.92. The summed E-state index contributed by atoms with van der Waals surface area (Å²) < 4.78 is 15.8. The van der Waals surface area contributed by atoms with E-state index in [-0.39, 0.29) is 5.91 Å². The zero-order chi connectivity index (χ0) is 15.6. The van der Waals surface area contributed by atoms with Crippen molar-refractivity contribution >= 4 is 12.3 Å². The van der Waals surface area contributed by atoms with Crippen LogP contribution in [0, 0.1) is 0 Å². The van der Waals surface area contributed by atoms with Crippen LogP contribution >= 0.6 is 0 Å². The molecule has 2 N–H and O–H groups in total. The summed E-state index contributed by atoms with van der Waals surface area (Å²) in [5.41, 5.74) is 0. The van der Waals surface area contributed by atoms with Crippen LogP contribution < -0.4 is 10.6 Å². The summed E-state index contributed by atoms with van der Waals surface area (Å²) in [6.45, 7) is 6.07. The molecule has 0 atom stereocenters. The molecule has 0 aliphatic heterocycles. The summed E-state index contributed by atoms with van der Waals surface area (Å²) in [6.07, 6.45) is 3.18. The van der Waals surface area contributed by atoms with Crippen LogP contribution in [0.15, 0.2) is 0 Å². The average Bonchev–Trinajstić information content (AvgIpc) is 2.49. The van der Waals surface area contributed by atoms with Crippen LogP contribution in [0.3, 0.4) is 0 Å². The third-order valence-electron chi connectivity index (χ3n) is 2.54. The second kappa shape index (κ2) is 16.9. The molecule has 0 rings (SSSR count). The van der Waals surface area contributed by atoms with Gasteiger partial charge in [-0.05, 0) is 6.42 Å². The summed E-state index contributed by atoms with van der Waals surface area (Å²) in [4.78, 5) is 21.2. The smallest absolute Gasteiger partial charge is 0.220 e. The van der Waals surface area contributed by atoms with Gasteiger partial charge in [0.25, 0.3) is 0 Å². The largest absolute Gasteiger partial charge is 0.377 e. The molecule has 0 aromatic heterocycles. The Hall–Kier alpha value is -1.18. The zero-order valence-corrected chi connectivity index (χ0v) is 12.9. The van der Waals surface area contributed by atoms with Crippen LogP contribution in [-0.4, -0.2) is 65.0 Å². The predicted molar refractivity (Wildman–Crippen MR) is 79.1 cm³/mol. The molecule has 0 heterocycles. The Morgan fingerprint density at radius 2 is 1.52 bits per heavy atom. The van der Waals surface area contributed by atoms with Crippen LogP contribution in [0.1, 0.15) is 26.2 Å². The van der Waals surface area contributed by atoms with E-state index in [1.54, 1.807) is 0 Å². The molecule has 0 aliphatic carbocycles. The summed E-state index contributed by atoms with van der Waals surface area (Å²) in [5, 5.41) is 5.30. The Morgan fingerprint density at radius 3 is 2.10 bits per heavy atom. The van der Waals surface area contributed by atoms with E-state index in [2.05, 4.69) is 17.6 Å². The SMILES string of the molecule is CCCCC(=O)NCCOCCOCCOCCNC=O. The van der Waals surface area contributed by atoms with Crippen LogP contribution in [0.5, 0.6) is 0 Å². The molecular weight excluding hydrogens is 276 g/mol. The van der Waals surface area contributed by atoms with E-state index in [1.165, 1.54) is 0 Å². The lowest BCUT2D eigenvalue weighted by Gasteiger charge is -2.07. The third-order valence-corrected chi connectivity index (χ3v) is 2.54. The Morgan fingerprint density at radius 1 is 0.952 bits per heavy atom.